The van der Waals surface area contributed by atoms with Gasteiger partial charge in [0.05, 0.1) is 17.5 Å². The minimum Gasteiger partial charge on any atom is -0.469 e. The highest BCUT2D eigenvalue weighted by molar-refractivity contribution is 7.90. The zero-order valence-electron chi connectivity index (χ0n) is 16.9. The highest BCUT2D eigenvalue weighted by Gasteiger charge is 2.25. The number of hydrogen-bond acceptors (Lipinski definition) is 5. The molecule has 0 atom stereocenters. The van der Waals surface area contributed by atoms with Crippen molar-refractivity contribution in [2.24, 2.45) is 0 Å². The molecule has 4 rings (SSSR count). The van der Waals surface area contributed by atoms with Crippen molar-refractivity contribution in [1.82, 2.24) is 3.97 Å². The Kier molecular flexibility index (Phi) is 5.77. The number of aromatic nitrogens is 1. The lowest BCUT2D eigenvalue weighted by atomic mass is 10.0. The second kappa shape index (κ2) is 8.36. The summed E-state index contributed by atoms with van der Waals surface area (Å²) in [4.78, 5) is 23.2. The third kappa shape index (κ3) is 4.18. The van der Waals surface area contributed by atoms with Gasteiger partial charge in [0.25, 0.3) is 10.0 Å². The first kappa shape index (κ1) is 21.4. The third-order valence-electron chi connectivity index (χ3n) is 5.34. The monoisotopic (exact) mass is 460 g/mol. The molecular weight excluding hydrogens is 440 g/mol. The van der Waals surface area contributed by atoms with E-state index in [0.717, 1.165) is 5.56 Å². The zero-order chi connectivity index (χ0) is 22.2. The van der Waals surface area contributed by atoms with Gasteiger partial charge < -0.3 is 10.1 Å². The van der Waals surface area contributed by atoms with Gasteiger partial charge in [-0.1, -0.05) is 11.6 Å². The SMILES string of the molecule is COC(=O)CCCc1cc2cc(Cl)ccc2n1S(=O)(=O)c1ccc2c(c1)CCC(=O)N2. The van der Waals surface area contributed by atoms with Crippen LogP contribution in [0.2, 0.25) is 5.02 Å². The van der Waals surface area contributed by atoms with Crippen molar-refractivity contribution >= 4 is 50.1 Å². The molecule has 1 aliphatic heterocycles. The maximum Gasteiger partial charge on any atom is 0.305 e. The number of ether oxygens (including phenoxy) is 1. The average Bonchev–Trinajstić information content (AvgIpc) is 3.11. The van der Waals surface area contributed by atoms with Crippen molar-refractivity contribution in [2.75, 3.05) is 12.4 Å². The number of fused-ring (bicyclic) bond motifs is 2. The second-order valence-corrected chi connectivity index (χ2v) is 9.63. The molecule has 1 aromatic heterocycles. The van der Waals surface area contributed by atoms with E-state index in [9.17, 15) is 18.0 Å². The summed E-state index contributed by atoms with van der Waals surface area (Å²) in [6.45, 7) is 0. The van der Waals surface area contributed by atoms with E-state index in [0.29, 0.717) is 53.0 Å². The molecule has 9 heteroatoms. The van der Waals surface area contributed by atoms with E-state index in [1.165, 1.54) is 17.1 Å². The Morgan fingerprint density at radius 3 is 2.74 bits per heavy atom. The molecule has 0 saturated heterocycles. The number of halogens is 1. The maximum atomic E-state index is 13.7. The normalized spacial score (nSPS) is 13.7. The lowest BCUT2D eigenvalue weighted by Gasteiger charge is -2.18. The molecule has 0 aliphatic carbocycles. The van der Waals surface area contributed by atoms with E-state index < -0.39 is 10.0 Å². The molecule has 1 amide bonds. The van der Waals surface area contributed by atoms with E-state index in [1.54, 1.807) is 36.4 Å². The number of carbonyl (C=O) groups excluding carboxylic acids is 2. The van der Waals surface area contributed by atoms with Crippen LogP contribution in [0.4, 0.5) is 5.69 Å². The Morgan fingerprint density at radius 2 is 1.97 bits per heavy atom. The van der Waals surface area contributed by atoms with Gasteiger partial charge >= 0.3 is 5.97 Å². The van der Waals surface area contributed by atoms with Gasteiger partial charge in [-0.15, -0.1) is 0 Å². The predicted molar refractivity (Wildman–Crippen MR) is 118 cm³/mol. The lowest BCUT2D eigenvalue weighted by Crippen LogP contribution is -2.20. The first-order chi connectivity index (χ1) is 14.8. The summed E-state index contributed by atoms with van der Waals surface area (Å²) in [6.07, 6.45) is 1.82. The fraction of sp³-hybridized carbons (Fsp3) is 0.273. The van der Waals surface area contributed by atoms with Crippen LogP contribution in [0.1, 0.15) is 30.5 Å². The first-order valence-corrected chi connectivity index (χ1v) is 11.7. The molecule has 0 unspecified atom stereocenters. The number of nitrogens with one attached hydrogen (secondary N) is 1. The quantitative estimate of drug-likeness (QED) is 0.563. The molecule has 1 aliphatic rings. The van der Waals surface area contributed by atoms with Gasteiger partial charge in [0.1, 0.15) is 0 Å². The molecule has 31 heavy (non-hydrogen) atoms. The van der Waals surface area contributed by atoms with Crippen LogP contribution >= 0.6 is 11.6 Å². The number of benzene rings is 2. The minimum atomic E-state index is -3.92. The highest BCUT2D eigenvalue weighted by Crippen LogP contribution is 2.31. The number of nitrogens with zero attached hydrogens (tertiary/aromatic N) is 1. The van der Waals surface area contributed by atoms with Crippen LogP contribution in [0.5, 0.6) is 0 Å². The van der Waals surface area contributed by atoms with Crippen LogP contribution in [-0.2, 0) is 37.2 Å². The molecule has 0 saturated carbocycles. The van der Waals surface area contributed by atoms with E-state index in [1.807, 2.05) is 0 Å². The molecule has 3 aromatic rings. The van der Waals surface area contributed by atoms with E-state index in [-0.39, 0.29) is 23.2 Å². The molecule has 7 nitrogen and oxygen atoms in total. The van der Waals surface area contributed by atoms with Crippen LogP contribution in [0.25, 0.3) is 10.9 Å². The summed E-state index contributed by atoms with van der Waals surface area (Å²) in [5, 5.41) is 3.98. The smallest absolute Gasteiger partial charge is 0.305 e. The second-order valence-electron chi connectivity index (χ2n) is 7.41. The number of carbonyl (C=O) groups is 2. The Labute approximate surface area is 185 Å². The summed E-state index contributed by atoms with van der Waals surface area (Å²) in [7, 11) is -2.60. The standard InChI is InChI=1S/C22H21ClN2O5S/c1-30-22(27)4-2-3-17-12-15-11-16(23)6-9-20(15)25(17)31(28,29)18-7-8-19-14(13-18)5-10-21(26)24-19/h6-9,11-13H,2-5,10H2,1H3,(H,24,26). The van der Waals surface area contributed by atoms with Gasteiger partial charge in [0.15, 0.2) is 0 Å². The maximum absolute atomic E-state index is 13.7. The van der Waals surface area contributed by atoms with E-state index in [4.69, 9.17) is 11.6 Å². The van der Waals surface area contributed by atoms with Crippen molar-refractivity contribution in [1.29, 1.82) is 0 Å². The van der Waals surface area contributed by atoms with Crippen LogP contribution in [0, 0.1) is 0 Å². The fourth-order valence-corrected chi connectivity index (χ4v) is 5.62. The number of hydrogen-bond donors (Lipinski definition) is 1. The zero-order valence-corrected chi connectivity index (χ0v) is 18.4. The molecule has 162 valence electrons. The molecule has 0 fully saturated rings. The van der Waals surface area contributed by atoms with Crippen molar-refractivity contribution in [2.45, 2.75) is 37.0 Å². The van der Waals surface area contributed by atoms with Crippen molar-refractivity contribution in [3.63, 3.8) is 0 Å². The van der Waals surface area contributed by atoms with Gasteiger partial charge in [0, 0.05) is 34.6 Å². The minimum absolute atomic E-state index is 0.0794. The Hall–Kier alpha value is -2.84. The van der Waals surface area contributed by atoms with Crippen LogP contribution in [0.3, 0.4) is 0 Å². The van der Waals surface area contributed by atoms with E-state index >= 15 is 0 Å². The Morgan fingerprint density at radius 1 is 1.16 bits per heavy atom. The predicted octanol–water partition coefficient (Wildman–Crippen LogP) is 3.91. The fourth-order valence-electron chi connectivity index (χ4n) is 3.82. The van der Waals surface area contributed by atoms with Crippen molar-refractivity contribution < 1.29 is 22.7 Å². The Balaban J connectivity index is 1.78. The average molecular weight is 461 g/mol. The molecule has 1 N–H and O–H groups in total. The number of amides is 1. The number of anilines is 1. The van der Waals surface area contributed by atoms with Crippen LogP contribution in [0.15, 0.2) is 47.4 Å². The summed E-state index contributed by atoms with van der Waals surface area (Å²) in [5.41, 5.74) is 2.50. The number of esters is 1. The number of aryl methyl sites for hydroxylation is 2. The number of rotatable bonds is 6. The topological polar surface area (TPSA) is 94.5 Å². The van der Waals surface area contributed by atoms with Crippen LogP contribution < -0.4 is 5.32 Å². The first-order valence-electron chi connectivity index (χ1n) is 9.84. The van der Waals surface area contributed by atoms with Gasteiger partial charge in [-0.25, -0.2) is 12.4 Å². The van der Waals surface area contributed by atoms with Gasteiger partial charge in [-0.05, 0) is 67.3 Å². The third-order valence-corrected chi connectivity index (χ3v) is 7.34. The van der Waals surface area contributed by atoms with Crippen LogP contribution in [-0.4, -0.2) is 31.4 Å². The summed E-state index contributed by atoms with van der Waals surface area (Å²) in [5.74, 6) is -0.422. The lowest BCUT2D eigenvalue weighted by molar-refractivity contribution is -0.140. The summed E-state index contributed by atoms with van der Waals surface area (Å²) >= 11 is 6.11. The molecule has 0 bridgehead atoms. The summed E-state index contributed by atoms with van der Waals surface area (Å²) in [6, 6.07) is 11.6. The summed E-state index contributed by atoms with van der Waals surface area (Å²) < 4.78 is 33.3. The van der Waals surface area contributed by atoms with Crippen molar-refractivity contribution in [3.05, 3.63) is 58.7 Å². The van der Waals surface area contributed by atoms with Gasteiger partial charge in [0.2, 0.25) is 5.91 Å². The largest absolute Gasteiger partial charge is 0.469 e. The molecule has 2 heterocycles. The number of methoxy groups -OCH3 is 1. The highest BCUT2D eigenvalue weighted by atomic mass is 35.5. The molecule has 2 aromatic carbocycles. The molecular formula is C22H21ClN2O5S. The molecule has 0 spiro atoms. The van der Waals surface area contributed by atoms with Crippen molar-refractivity contribution in [3.8, 4) is 0 Å². The van der Waals surface area contributed by atoms with Gasteiger partial charge in [-0.3, -0.25) is 9.59 Å². The Bertz CT molecular complexity index is 1300. The van der Waals surface area contributed by atoms with Gasteiger partial charge in [-0.2, -0.15) is 0 Å². The molecule has 0 radical (unpaired) electrons. The van der Waals surface area contributed by atoms with E-state index in [2.05, 4.69) is 10.1 Å².